The maximum absolute atomic E-state index is 12.0. The summed E-state index contributed by atoms with van der Waals surface area (Å²) in [4.78, 5) is 23.9. The first-order chi connectivity index (χ1) is 12.4. The minimum Gasteiger partial charge on any atom is -0.350 e. The molecule has 5 N–H and O–H groups in total. The molecule has 0 aliphatic carbocycles. The third-order valence-electron chi connectivity index (χ3n) is 3.90. The van der Waals surface area contributed by atoms with Crippen molar-refractivity contribution in [1.82, 2.24) is 5.32 Å². The van der Waals surface area contributed by atoms with Crippen molar-refractivity contribution in [1.29, 1.82) is 0 Å². The average molecular weight is 354 g/mol. The zero-order valence-corrected chi connectivity index (χ0v) is 15.2. The Morgan fingerprint density at radius 1 is 0.923 bits per heavy atom. The number of para-hydroxylation sites is 1. The first-order valence-electron chi connectivity index (χ1n) is 8.72. The number of carbonyl (C=O) groups is 2. The molecule has 0 aromatic heterocycles. The van der Waals surface area contributed by atoms with Crippen LogP contribution in [0.25, 0.3) is 0 Å². The summed E-state index contributed by atoms with van der Waals surface area (Å²) in [6.45, 7) is 3.81. The molecule has 0 aliphatic heterocycles. The summed E-state index contributed by atoms with van der Waals surface area (Å²) in [5.41, 5.74) is 8.04. The van der Waals surface area contributed by atoms with Crippen molar-refractivity contribution in [3.8, 4) is 0 Å². The molecular formula is C20H26N4O2. The van der Waals surface area contributed by atoms with Crippen LogP contribution >= 0.6 is 0 Å². The fourth-order valence-electron chi connectivity index (χ4n) is 2.43. The van der Waals surface area contributed by atoms with Crippen molar-refractivity contribution in [2.24, 2.45) is 5.73 Å². The van der Waals surface area contributed by atoms with Gasteiger partial charge in [0.05, 0.1) is 6.04 Å². The number of hydrogen-bond acceptors (Lipinski definition) is 3. The van der Waals surface area contributed by atoms with Crippen LogP contribution in [0.3, 0.4) is 0 Å². The highest BCUT2D eigenvalue weighted by Crippen LogP contribution is 2.17. The van der Waals surface area contributed by atoms with Gasteiger partial charge in [0.1, 0.15) is 0 Å². The maximum atomic E-state index is 12.0. The van der Waals surface area contributed by atoms with E-state index in [-0.39, 0.29) is 24.0 Å². The van der Waals surface area contributed by atoms with Crippen molar-refractivity contribution in [3.05, 3.63) is 60.2 Å². The quantitative estimate of drug-likeness (QED) is 0.611. The number of anilines is 2. The fraction of sp³-hybridized carbons (Fsp3) is 0.300. The molecule has 0 heterocycles. The molecule has 6 heteroatoms. The van der Waals surface area contributed by atoms with Crippen LogP contribution in [0.15, 0.2) is 54.6 Å². The van der Waals surface area contributed by atoms with Gasteiger partial charge in [0, 0.05) is 23.8 Å². The third kappa shape index (κ3) is 6.57. The minimum atomic E-state index is -0.304. The van der Waals surface area contributed by atoms with Crippen molar-refractivity contribution >= 4 is 23.3 Å². The van der Waals surface area contributed by atoms with Crippen LogP contribution in [0.2, 0.25) is 0 Å². The van der Waals surface area contributed by atoms with Gasteiger partial charge in [-0.2, -0.15) is 0 Å². The standard InChI is InChI=1S/C20H26N4O2/c1-14(21)8-13-19(25)22-15(2)16-9-11-18(12-10-16)24-20(26)23-17-6-4-3-5-7-17/h3-7,9-12,14-15H,8,13,21H2,1-2H3,(H,22,25)(H2,23,24,26). The summed E-state index contributed by atoms with van der Waals surface area (Å²) in [5.74, 6) is -0.0146. The van der Waals surface area contributed by atoms with Crippen LogP contribution < -0.4 is 21.7 Å². The Morgan fingerprint density at radius 2 is 1.50 bits per heavy atom. The fourth-order valence-corrected chi connectivity index (χ4v) is 2.43. The number of rotatable bonds is 7. The molecule has 2 unspecified atom stereocenters. The molecule has 0 saturated heterocycles. The van der Waals surface area contributed by atoms with Gasteiger partial charge < -0.3 is 21.7 Å². The van der Waals surface area contributed by atoms with E-state index in [1.807, 2.05) is 68.4 Å². The number of urea groups is 1. The molecule has 0 spiro atoms. The Morgan fingerprint density at radius 3 is 2.08 bits per heavy atom. The molecule has 0 fully saturated rings. The predicted molar refractivity (Wildman–Crippen MR) is 105 cm³/mol. The Labute approximate surface area is 154 Å². The van der Waals surface area contributed by atoms with Gasteiger partial charge in [0.2, 0.25) is 5.91 Å². The first kappa shape index (κ1) is 19.5. The molecule has 0 bridgehead atoms. The van der Waals surface area contributed by atoms with E-state index in [0.29, 0.717) is 18.5 Å². The highest BCUT2D eigenvalue weighted by molar-refractivity contribution is 5.99. The van der Waals surface area contributed by atoms with E-state index >= 15 is 0 Å². The monoisotopic (exact) mass is 354 g/mol. The first-order valence-corrected chi connectivity index (χ1v) is 8.72. The number of hydrogen-bond donors (Lipinski definition) is 4. The van der Waals surface area contributed by atoms with Crippen molar-refractivity contribution in [2.45, 2.75) is 38.8 Å². The van der Waals surface area contributed by atoms with Crippen molar-refractivity contribution in [2.75, 3.05) is 10.6 Å². The summed E-state index contributed by atoms with van der Waals surface area (Å²) in [5, 5.41) is 8.49. The summed E-state index contributed by atoms with van der Waals surface area (Å²) >= 11 is 0. The van der Waals surface area contributed by atoms with Crippen LogP contribution in [0, 0.1) is 0 Å². The second-order valence-corrected chi connectivity index (χ2v) is 6.37. The minimum absolute atomic E-state index is 0.0146. The van der Waals surface area contributed by atoms with E-state index in [2.05, 4.69) is 16.0 Å². The third-order valence-corrected chi connectivity index (χ3v) is 3.90. The topological polar surface area (TPSA) is 96.2 Å². The van der Waals surface area contributed by atoms with Gasteiger partial charge >= 0.3 is 6.03 Å². The van der Waals surface area contributed by atoms with Crippen LogP contribution in [-0.2, 0) is 4.79 Å². The van der Waals surface area contributed by atoms with Crippen LogP contribution in [0.5, 0.6) is 0 Å². The predicted octanol–water partition coefficient (Wildman–Crippen LogP) is 3.64. The number of benzene rings is 2. The molecule has 2 rings (SSSR count). The van der Waals surface area contributed by atoms with Gasteiger partial charge in [-0.3, -0.25) is 4.79 Å². The van der Waals surface area contributed by atoms with E-state index in [0.717, 1.165) is 11.3 Å². The Bertz CT molecular complexity index is 714. The molecule has 26 heavy (non-hydrogen) atoms. The van der Waals surface area contributed by atoms with E-state index in [4.69, 9.17) is 5.73 Å². The van der Waals surface area contributed by atoms with Crippen LogP contribution in [0.1, 0.15) is 38.3 Å². The SMILES string of the molecule is CC(N)CCC(=O)NC(C)c1ccc(NC(=O)Nc2ccccc2)cc1. The van der Waals surface area contributed by atoms with Gasteiger partial charge in [-0.05, 0) is 50.1 Å². The molecule has 6 nitrogen and oxygen atoms in total. The number of carbonyl (C=O) groups excluding carboxylic acids is 2. The molecule has 2 aromatic rings. The lowest BCUT2D eigenvalue weighted by Crippen LogP contribution is -2.28. The molecule has 2 aromatic carbocycles. The highest BCUT2D eigenvalue weighted by atomic mass is 16.2. The lowest BCUT2D eigenvalue weighted by atomic mass is 10.1. The van der Waals surface area contributed by atoms with E-state index < -0.39 is 0 Å². The lowest BCUT2D eigenvalue weighted by Gasteiger charge is -2.15. The van der Waals surface area contributed by atoms with E-state index in [9.17, 15) is 9.59 Å². The van der Waals surface area contributed by atoms with Gasteiger partial charge in [-0.15, -0.1) is 0 Å². The summed E-state index contributed by atoms with van der Waals surface area (Å²) in [6.07, 6.45) is 1.08. The lowest BCUT2D eigenvalue weighted by molar-refractivity contribution is -0.121. The molecule has 2 atom stereocenters. The summed E-state index contributed by atoms with van der Waals surface area (Å²) < 4.78 is 0. The molecule has 3 amide bonds. The zero-order valence-electron chi connectivity index (χ0n) is 15.2. The average Bonchev–Trinajstić information content (AvgIpc) is 2.61. The van der Waals surface area contributed by atoms with Crippen molar-refractivity contribution in [3.63, 3.8) is 0 Å². The van der Waals surface area contributed by atoms with Gasteiger partial charge in [-0.1, -0.05) is 30.3 Å². The smallest absolute Gasteiger partial charge is 0.323 e. The highest BCUT2D eigenvalue weighted by Gasteiger charge is 2.10. The Balaban J connectivity index is 1.85. The summed E-state index contributed by atoms with van der Waals surface area (Å²) in [7, 11) is 0. The van der Waals surface area contributed by atoms with E-state index in [1.165, 1.54) is 0 Å². The van der Waals surface area contributed by atoms with Crippen molar-refractivity contribution < 1.29 is 9.59 Å². The second-order valence-electron chi connectivity index (χ2n) is 6.37. The zero-order chi connectivity index (χ0) is 18.9. The Kier molecular flexibility index (Phi) is 7.17. The van der Waals surface area contributed by atoms with Crippen LogP contribution in [-0.4, -0.2) is 18.0 Å². The normalized spacial score (nSPS) is 12.7. The molecule has 138 valence electrons. The van der Waals surface area contributed by atoms with Gasteiger partial charge in [0.25, 0.3) is 0 Å². The van der Waals surface area contributed by atoms with Gasteiger partial charge in [0.15, 0.2) is 0 Å². The van der Waals surface area contributed by atoms with E-state index in [1.54, 1.807) is 0 Å². The molecule has 0 saturated carbocycles. The molecule has 0 aliphatic rings. The number of amides is 3. The Hall–Kier alpha value is -2.86. The number of nitrogens with two attached hydrogens (primary N) is 1. The number of nitrogens with one attached hydrogen (secondary N) is 3. The maximum Gasteiger partial charge on any atom is 0.323 e. The molecule has 0 radical (unpaired) electrons. The van der Waals surface area contributed by atoms with Gasteiger partial charge in [-0.25, -0.2) is 4.79 Å². The largest absolute Gasteiger partial charge is 0.350 e. The van der Waals surface area contributed by atoms with Crippen LogP contribution in [0.4, 0.5) is 16.2 Å². The molecular weight excluding hydrogens is 328 g/mol. The summed E-state index contributed by atoms with van der Waals surface area (Å²) in [6, 6.07) is 16.2. The second kappa shape index (κ2) is 9.58.